The number of hydrogen-bond donors (Lipinski definition) is 1. The average molecular weight is 269 g/mol. The second-order valence-corrected chi connectivity index (χ2v) is 7.27. The normalized spacial score (nSPS) is 20.4. The fraction of sp³-hybridized carbons (Fsp3) is 0.538. The van der Waals surface area contributed by atoms with Crippen LogP contribution >= 0.6 is 0 Å². The van der Waals surface area contributed by atoms with Crippen LogP contribution in [0, 0.1) is 0 Å². The van der Waals surface area contributed by atoms with Gasteiger partial charge >= 0.3 is 0 Å². The van der Waals surface area contributed by atoms with Gasteiger partial charge in [-0.2, -0.15) is 0 Å². The molecular formula is C13H19NO3S. The Bertz CT molecular complexity index is 508. The first-order valence-corrected chi connectivity index (χ1v) is 7.87. The molecule has 0 aromatic heterocycles. The van der Waals surface area contributed by atoms with Gasteiger partial charge in [-0.05, 0) is 31.5 Å². The van der Waals surface area contributed by atoms with Crippen molar-refractivity contribution in [1.82, 2.24) is 0 Å². The highest BCUT2D eigenvalue weighted by molar-refractivity contribution is 7.93. The van der Waals surface area contributed by atoms with Crippen LogP contribution in [0.25, 0.3) is 0 Å². The minimum atomic E-state index is -2.89. The summed E-state index contributed by atoms with van der Waals surface area (Å²) in [5.41, 5.74) is 6.33. The van der Waals surface area contributed by atoms with Gasteiger partial charge in [0, 0.05) is 12.0 Å². The third-order valence-corrected chi connectivity index (χ3v) is 5.21. The molecule has 1 aliphatic heterocycles. The molecule has 1 heterocycles. The van der Waals surface area contributed by atoms with E-state index in [0.29, 0.717) is 6.54 Å². The van der Waals surface area contributed by atoms with E-state index < -0.39 is 15.3 Å². The molecule has 0 atom stereocenters. The fourth-order valence-corrected chi connectivity index (χ4v) is 4.53. The highest BCUT2D eigenvalue weighted by Crippen LogP contribution is 2.36. The van der Waals surface area contributed by atoms with Crippen molar-refractivity contribution in [2.45, 2.75) is 25.4 Å². The minimum absolute atomic E-state index is 0.128. The smallest absolute Gasteiger partial charge is 0.152 e. The highest BCUT2D eigenvalue weighted by atomic mass is 32.2. The number of sulfone groups is 1. The van der Waals surface area contributed by atoms with E-state index in [4.69, 9.17) is 10.5 Å². The Hall–Kier alpha value is -1.07. The molecule has 1 saturated heterocycles. The Kier molecular flexibility index (Phi) is 3.38. The average Bonchev–Trinajstić information content (AvgIpc) is 2.25. The third-order valence-electron chi connectivity index (χ3n) is 3.22. The van der Waals surface area contributed by atoms with Crippen molar-refractivity contribution < 1.29 is 13.2 Å². The van der Waals surface area contributed by atoms with Crippen LogP contribution in [-0.4, -0.2) is 32.6 Å². The fourth-order valence-electron chi connectivity index (χ4n) is 2.36. The van der Waals surface area contributed by atoms with Gasteiger partial charge in [0.05, 0.1) is 17.6 Å². The monoisotopic (exact) mass is 269 g/mol. The summed E-state index contributed by atoms with van der Waals surface area (Å²) in [4.78, 5) is 0. The maximum atomic E-state index is 11.4. The van der Waals surface area contributed by atoms with Gasteiger partial charge < -0.3 is 10.5 Å². The molecule has 0 radical (unpaired) electrons. The maximum absolute atomic E-state index is 11.4. The van der Waals surface area contributed by atoms with Crippen LogP contribution in [0.2, 0.25) is 0 Å². The second kappa shape index (κ2) is 4.55. The molecular weight excluding hydrogens is 250 g/mol. The van der Waals surface area contributed by atoms with Gasteiger partial charge in [0.15, 0.2) is 9.84 Å². The molecule has 1 aromatic rings. The second-order valence-electron chi connectivity index (χ2n) is 5.21. The molecule has 2 rings (SSSR count). The Morgan fingerprint density at radius 2 is 1.83 bits per heavy atom. The van der Waals surface area contributed by atoms with Crippen LogP contribution in [0.15, 0.2) is 24.3 Å². The Labute approximate surface area is 108 Å². The molecule has 1 aliphatic rings. The van der Waals surface area contributed by atoms with Gasteiger partial charge in [0.1, 0.15) is 5.75 Å². The first-order chi connectivity index (χ1) is 8.37. The van der Waals surface area contributed by atoms with Gasteiger partial charge in [0.2, 0.25) is 0 Å². The number of rotatable bonds is 4. The van der Waals surface area contributed by atoms with Crippen LogP contribution in [0.4, 0.5) is 0 Å². The van der Waals surface area contributed by atoms with Crippen LogP contribution in [0.1, 0.15) is 19.4 Å². The molecule has 0 unspecified atom stereocenters. The van der Waals surface area contributed by atoms with Crippen LogP contribution in [-0.2, 0) is 15.3 Å². The predicted octanol–water partition coefficient (Wildman–Crippen LogP) is 1.10. The zero-order valence-corrected chi connectivity index (χ0v) is 11.5. The number of hydrogen-bond acceptors (Lipinski definition) is 4. The van der Waals surface area contributed by atoms with Crippen LogP contribution in [0.3, 0.4) is 0 Å². The summed E-state index contributed by atoms with van der Waals surface area (Å²) in [5.74, 6) is 1.10. The summed E-state index contributed by atoms with van der Waals surface area (Å²) in [6.07, 6.45) is 0.128. The van der Waals surface area contributed by atoms with E-state index in [2.05, 4.69) is 0 Å². The molecule has 1 fully saturated rings. The van der Waals surface area contributed by atoms with Gasteiger partial charge in [-0.1, -0.05) is 12.1 Å². The summed E-state index contributed by atoms with van der Waals surface area (Å²) in [6, 6.07) is 7.58. The maximum Gasteiger partial charge on any atom is 0.152 e. The molecule has 5 heteroatoms. The van der Waals surface area contributed by atoms with E-state index in [-0.39, 0.29) is 17.6 Å². The summed E-state index contributed by atoms with van der Waals surface area (Å²) < 4.78 is 28.3. The van der Waals surface area contributed by atoms with Crippen molar-refractivity contribution in [1.29, 1.82) is 0 Å². The lowest BCUT2D eigenvalue weighted by atomic mass is 9.83. The molecule has 100 valence electrons. The lowest BCUT2D eigenvalue weighted by molar-refractivity contribution is 0.242. The van der Waals surface area contributed by atoms with Gasteiger partial charge in [-0.3, -0.25) is 0 Å². The summed E-state index contributed by atoms with van der Waals surface area (Å²) >= 11 is 0. The van der Waals surface area contributed by atoms with Gasteiger partial charge in [0.25, 0.3) is 0 Å². The topological polar surface area (TPSA) is 69.4 Å². The first-order valence-electron chi connectivity index (χ1n) is 6.05. The zero-order chi connectivity index (χ0) is 13.4. The van der Waals surface area contributed by atoms with Gasteiger partial charge in [-0.15, -0.1) is 0 Å². The minimum Gasteiger partial charge on any atom is -0.491 e. The van der Waals surface area contributed by atoms with Crippen LogP contribution < -0.4 is 10.5 Å². The summed E-state index contributed by atoms with van der Waals surface area (Å²) in [7, 11) is -2.89. The quantitative estimate of drug-likeness (QED) is 0.888. The largest absolute Gasteiger partial charge is 0.491 e. The number of nitrogens with two attached hydrogens (primary N) is 1. The Morgan fingerprint density at radius 1 is 1.28 bits per heavy atom. The van der Waals surface area contributed by atoms with Gasteiger partial charge in [-0.25, -0.2) is 8.42 Å². The van der Waals surface area contributed by atoms with Crippen molar-refractivity contribution in [3.05, 3.63) is 29.8 Å². The summed E-state index contributed by atoms with van der Waals surface area (Å²) in [6.45, 7) is 4.29. The number of benzene rings is 1. The van der Waals surface area contributed by atoms with Crippen LogP contribution in [0.5, 0.6) is 5.75 Å². The lowest BCUT2D eigenvalue weighted by Crippen LogP contribution is -2.56. The molecule has 1 aromatic carbocycles. The SMILES string of the molecule is CC(C)Oc1ccc(C2(CN)CS(=O)(=O)C2)cc1. The van der Waals surface area contributed by atoms with Crippen molar-refractivity contribution >= 4 is 9.84 Å². The van der Waals surface area contributed by atoms with Crippen molar-refractivity contribution in [3.8, 4) is 5.75 Å². The van der Waals surface area contributed by atoms with Crippen molar-refractivity contribution in [2.75, 3.05) is 18.1 Å². The standard InChI is InChI=1S/C13H19NO3S/c1-10(2)17-12-5-3-11(4-6-12)13(7-14)8-18(15,16)9-13/h3-6,10H,7-9,14H2,1-2H3. The van der Waals surface area contributed by atoms with E-state index in [1.54, 1.807) is 0 Å². The molecule has 2 N–H and O–H groups in total. The van der Waals surface area contributed by atoms with E-state index in [1.165, 1.54) is 0 Å². The molecule has 0 spiro atoms. The van der Waals surface area contributed by atoms with E-state index >= 15 is 0 Å². The molecule has 0 bridgehead atoms. The van der Waals surface area contributed by atoms with Crippen molar-refractivity contribution in [2.24, 2.45) is 5.73 Å². The Morgan fingerprint density at radius 3 is 2.22 bits per heavy atom. The molecule has 0 aliphatic carbocycles. The van der Waals surface area contributed by atoms with E-state index in [0.717, 1.165) is 11.3 Å². The lowest BCUT2D eigenvalue weighted by Gasteiger charge is -2.40. The van der Waals surface area contributed by atoms with E-state index in [9.17, 15) is 8.42 Å². The molecule has 18 heavy (non-hydrogen) atoms. The first kappa shape index (κ1) is 13.4. The summed E-state index contributed by atoms with van der Waals surface area (Å²) in [5, 5.41) is 0. The Balaban J connectivity index is 2.19. The zero-order valence-electron chi connectivity index (χ0n) is 10.7. The predicted molar refractivity (Wildman–Crippen MR) is 71.6 cm³/mol. The highest BCUT2D eigenvalue weighted by Gasteiger charge is 2.48. The van der Waals surface area contributed by atoms with E-state index in [1.807, 2.05) is 38.1 Å². The third kappa shape index (κ3) is 2.52. The molecule has 0 saturated carbocycles. The molecule has 4 nitrogen and oxygen atoms in total. The molecule has 0 amide bonds. The van der Waals surface area contributed by atoms with Crippen molar-refractivity contribution in [3.63, 3.8) is 0 Å². The number of ether oxygens (including phenoxy) is 1.